The molecule has 0 spiro atoms. The highest BCUT2D eigenvalue weighted by Gasteiger charge is 2.21. The fourth-order valence-electron chi connectivity index (χ4n) is 4.57. The summed E-state index contributed by atoms with van der Waals surface area (Å²) in [6.45, 7) is 8.05. The number of nitrogens with one attached hydrogen (secondary N) is 1. The molecule has 0 atom stereocenters. The summed E-state index contributed by atoms with van der Waals surface area (Å²) in [5.41, 5.74) is 13.6. The van der Waals surface area contributed by atoms with Gasteiger partial charge in [-0.05, 0) is 49.2 Å². The van der Waals surface area contributed by atoms with Crippen LogP contribution in [0.3, 0.4) is 0 Å². The third-order valence-corrected chi connectivity index (χ3v) is 6.32. The molecule has 3 N–H and O–H groups in total. The smallest absolute Gasteiger partial charge is 0.272 e. The predicted molar refractivity (Wildman–Crippen MR) is 133 cm³/mol. The van der Waals surface area contributed by atoms with Gasteiger partial charge in [-0.1, -0.05) is 36.4 Å². The number of hydrogen-bond donors (Lipinski definition) is 2. The van der Waals surface area contributed by atoms with Gasteiger partial charge in [0.15, 0.2) is 0 Å². The Bertz CT molecular complexity index is 1350. The van der Waals surface area contributed by atoms with E-state index in [0.717, 1.165) is 54.2 Å². The van der Waals surface area contributed by atoms with Crippen LogP contribution in [-0.2, 0) is 0 Å². The number of nitrogen functional groups attached to an aromatic ring is 1. The molecule has 1 aromatic heterocycles. The summed E-state index contributed by atoms with van der Waals surface area (Å²) in [6, 6.07) is 20.2. The Labute approximate surface area is 187 Å². The molecule has 1 aliphatic rings. The second-order valence-corrected chi connectivity index (χ2v) is 8.48. The SMILES string of the molecule is Cc1ccc(C)c(N2CCN(c3ccc(-c4n[nH]c(=O)c5ccccc45)cc3N)CC2)c1. The lowest BCUT2D eigenvalue weighted by molar-refractivity contribution is 0.653. The fourth-order valence-corrected chi connectivity index (χ4v) is 4.57. The van der Waals surface area contributed by atoms with Crippen LogP contribution in [0.15, 0.2) is 65.5 Å². The van der Waals surface area contributed by atoms with E-state index >= 15 is 0 Å². The quantitative estimate of drug-likeness (QED) is 0.483. The topological polar surface area (TPSA) is 78.2 Å². The number of hydrogen-bond acceptors (Lipinski definition) is 5. The van der Waals surface area contributed by atoms with Gasteiger partial charge in [0, 0.05) is 42.8 Å². The monoisotopic (exact) mass is 425 g/mol. The summed E-state index contributed by atoms with van der Waals surface area (Å²) in [5, 5.41) is 8.36. The third kappa shape index (κ3) is 3.58. The van der Waals surface area contributed by atoms with E-state index in [-0.39, 0.29) is 5.56 Å². The zero-order chi connectivity index (χ0) is 22.2. The van der Waals surface area contributed by atoms with Gasteiger partial charge in [-0.25, -0.2) is 5.10 Å². The van der Waals surface area contributed by atoms with Crippen molar-refractivity contribution < 1.29 is 0 Å². The molecule has 0 radical (unpaired) electrons. The van der Waals surface area contributed by atoms with Crippen LogP contribution in [0, 0.1) is 13.8 Å². The zero-order valence-corrected chi connectivity index (χ0v) is 18.4. The van der Waals surface area contributed by atoms with Gasteiger partial charge in [-0.2, -0.15) is 5.10 Å². The largest absolute Gasteiger partial charge is 0.397 e. The first-order chi connectivity index (χ1) is 15.5. The molecule has 162 valence electrons. The first-order valence-corrected chi connectivity index (χ1v) is 11.0. The minimum absolute atomic E-state index is 0.185. The minimum Gasteiger partial charge on any atom is -0.397 e. The second-order valence-electron chi connectivity index (χ2n) is 8.48. The maximum absolute atomic E-state index is 12.1. The van der Waals surface area contributed by atoms with Crippen LogP contribution in [0.25, 0.3) is 22.0 Å². The molecule has 5 rings (SSSR count). The van der Waals surface area contributed by atoms with Crippen molar-refractivity contribution in [3.8, 4) is 11.3 Å². The number of piperazine rings is 1. The molecule has 2 heterocycles. The summed E-state index contributed by atoms with van der Waals surface area (Å²) in [7, 11) is 0. The average molecular weight is 426 g/mol. The van der Waals surface area contributed by atoms with Crippen LogP contribution in [0.1, 0.15) is 11.1 Å². The number of nitrogens with zero attached hydrogens (tertiary/aromatic N) is 3. The van der Waals surface area contributed by atoms with E-state index in [9.17, 15) is 4.79 Å². The van der Waals surface area contributed by atoms with Gasteiger partial charge >= 0.3 is 0 Å². The molecule has 32 heavy (non-hydrogen) atoms. The van der Waals surface area contributed by atoms with E-state index in [1.807, 2.05) is 36.4 Å². The number of aryl methyl sites for hydroxylation is 2. The number of anilines is 3. The average Bonchev–Trinajstić information content (AvgIpc) is 2.81. The van der Waals surface area contributed by atoms with E-state index in [1.54, 1.807) is 0 Å². The molecule has 1 fully saturated rings. The molecule has 1 saturated heterocycles. The number of aromatic nitrogens is 2. The summed E-state index contributed by atoms with van der Waals surface area (Å²) >= 11 is 0. The number of H-pyrrole nitrogens is 1. The fraction of sp³-hybridized carbons (Fsp3) is 0.231. The van der Waals surface area contributed by atoms with Crippen LogP contribution < -0.4 is 21.1 Å². The van der Waals surface area contributed by atoms with Crippen LogP contribution in [0.4, 0.5) is 17.1 Å². The Morgan fingerprint density at radius 1 is 0.844 bits per heavy atom. The molecule has 0 bridgehead atoms. The maximum atomic E-state index is 12.1. The molecule has 1 aliphatic heterocycles. The van der Waals surface area contributed by atoms with Crippen molar-refractivity contribution in [1.29, 1.82) is 0 Å². The minimum atomic E-state index is -0.185. The van der Waals surface area contributed by atoms with E-state index in [2.05, 4.69) is 58.1 Å². The molecular formula is C26H27N5O. The number of nitrogens with two attached hydrogens (primary N) is 1. The van der Waals surface area contributed by atoms with Crippen LogP contribution in [-0.4, -0.2) is 36.4 Å². The van der Waals surface area contributed by atoms with Gasteiger partial charge in [0.25, 0.3) is 5.56 Å². The molecule has 6 heteroatoms. The Balaban J connectivity index is 1.39. The summed E-state index contributed by atoms with van der Waals surface area (Å²) < 4.78 is 0. The third-order valence-electron chi connectivity index (χ3n) is 6.32. The lowest BCUT2D eigenvalue weighted by Crippen LogP contribution is -2.47. The van der Waals surface area contributed by atoms with Gasteiger partial charge in [0.05, 0.1) is 22.5 Å². The first kappa shape index (κ1) is 20.1. The lowest BCUT2D eigenvalue weighted by atomic mass is 10.0. The van der Waals surface area contributed by atoms with Crippen molar-refractivity contribution in [3.63, 3.8) is 0 Å². The number of aromatic amines is 1. The molecule has 3 aromatic carbocycles. The Hall–Kier alpha value is -3.80. The van der Waals surface area contributed by atoms with Crippen LogP contribution in [0.2, 0.25) is 0 Å². The maximum Gasteiger partial charge on any atom is 0.272 e. The summed E-state index contributed by atoms with van der Waals surface area (Å²) in [4.78, 5) is 16.9. The molecule has 0 unspecified atom stereocenters. The molecule has 0 saturated carbocycles. The van der Waals surface area contributed by atoms with E-state index in [4.69, 9.17) is 5.73 Å². The van der Waals surface area contributed by atoms with Crippen LogP contribution >= 0.6 is 0 Å². The lowest BCUT2D eigenvalue weighted by Gasteiger charge is -2.38. The van der Waals surface area contributed by atoms with Gasteiger partial charge in [-0.15, -0.1) is 0 Å². The molecule has 0 amide bonds. The van der Waals surface area contributed by atoms with Crippen molar-refractivity contribution in [2.45, 2.75) is 13.8 Å². The molecule has 6 nitrogen and oxygen atoms in total. The van der Waals surface area contributed by atoms with Gasteiger partial charge in [0.1, 0.15) is 0 Å². The standard InChI is InChI=1S/C26H27N5O/c1-17-7-8-18(2)24(15-17)31-13-11-30(12-14-31)23-10-9-19(16-22(23)27)25-20-5-3-4-6-21(20)26(32)29-28-25/h3-10,15-16H,11-14,27H2,1-2H3,(H,29,32). The van der Waals surface area contributed by atoms with E-state index in [1.165, 1.54) is 16.8 Å². The van der Waals surface area contributed by atoms with Crippen molar-refractivity contribution in [3.05, 3.63) is 82.1 Å². The van der Waals surface area contributed by atoms with Crippen molar-refractivity contribution >= 4 is 27.8 Å². The van der Waals surface area contributed by atoms with E-state index in [0.29, 0.717) is 5.39 Å². The van der Waals surface area contributed by atoms with E-state index < -0.39 is 0 Å². The molecule has 4 aromatic rings. The highest BCUT2D eigenvalue weighted by atomic mass is 16.1. The van der Waals surface area contributed by atoms with Gasteiger partial charge < -0.3 is 15.5 Å². The predicted octanol–water partition coefficient (Wildman–Crippen LogP) is 4.12. The summed E-state index contributed by atoms with van der Waals surface area (Å²) in [6.07, 6.45) is 0. The molecular weight excluding hydrogens is 398 g/mol. The number of benzene rings is 3. The second kappa shape index (κ2) is 8.04. The Kier molecular flexibility index (Phi) is 5.05. The van der Waals surface area contributed by atoms with Gasteiger partial charge in [-0.3, -0.25) is 4.79 Å². The Morgan fingerprint density at radius 3 is 2.25 bits per heavy atom. The number of rotatable bonds is 3. The zero-order valence-electron chi connectivity index (χ0n) is 18.4. The van der Waals surface area contributed by atoms with Crippen molar-refractivity contribution in [2.24, 2.45) is 0 Å². The highest BCUT2D eigenvalue weighted by molar-refractivity contribution is 5.94. The Morgan fingerprint density at radius 2 is 1.53 bits per heavy atom. The van der Waals surface area contributed by atoms with Crippen LogP contribution in [0.5, 0.6) is 0 Å². The summed E-state index contributed by atoms with van der Waals surface area (Å²) in [5.74, 6) is 0. The highest BCUT2D eigenvalue weighted by Crippen LogP contribution is 2.32. The first-order valence-electron chi connectivity index (χ1n) is 11.0. The normalized spacial score (nSPS) is 14.2. The van der Waals surface area contributed by atoms with Gasteiger partial charge in [0.2, 0.25) is 0 Å². The van der Waals surface area contributed by atoms with Crippen molar-refractivity contribution in [2.75, 3.05) is 41.7 Å². The number of fused-ring (bicyclic) bond motifs is 1. The van der Waals surface area contributed by atoms with Crippen molar-refractivity contribution in [1.82, 2.24) is 10.2 Å². The molecule has 0 aliphatic carbocycles.